The lowest BCUT2D eigenvalue weighted by Crippen LogP contribution is -2.53. The van der Waals surface area contributed by atoms with Crippen molar-refractivity contribution < 1.29 is 14.3 Å². The van der Waals surface area contributed by atoms with Crippen molar-refractivity contribution in [3.63, 3.8) is 0 Å². The molecule has 0 aliphatic heterocycles. The lowest BCUT2D eigenvalue weighted by molar-refractivity contribution is -0.150. The second-order valence-corrected chi connectivity index (χ2v) is 16.9. The van der Waals surface area contributed by atoms with Gasteiger partial charge in [-0.15, -0.1) is 0 Å². The highest BCUT2D eigenvalue weighted by Crippen LogP contribution is 2.68. The summed E-state index contributed by atoms with van der Waals surface area (Å²) in [6.07, 6.45) is 12.6. The van der Waals surface area contributed by atoms with Gasteiger partial charge >= 0.3 is 5.97 Å². The zero-order valence-electron chi connectivity index (χ0n) is 27.9. The summed E-state index contributed by atoms with van der Waals surface area (Å²) in [5, 5.41) is 0. The summed E-state index contributed by atoms with van der Waals surface area (Å²) in [6, 6.07) is 20.1. The molecule has 248 valence electrons. The van der Waals surface area contributed by atoms with E-state index in [0.29, 0.717) is 28.0 Å². The minimum Gasteiger partial charge on any atom is -0.461 e. The number of benzene rings is 2. The Balaban J connectivity index is 1.19. The highest BCUT2D eigenvalue weighted by molar-refractivity contribution is 8.23. The van der Waals surface area contributed by atoms with E-state index in [2.05, 4.69) is 20.8 Å². The second-order valence-electron chi connectivity index (χ2n) is 15.3. The van der Waals surface area contributed by atoms with E-state index in [-0.39, 0.29) is 41.0 Å². The van der Waals surface area contributed by atoms with Gasteiger partial charge in [-0.05, 0) is 116 Å². The first-order valence-electron chi connectivity index (χ1n) is 17.7. The van der Waals surface area contributed by atoms with Gasteiger partial charge in [0, 0.05) is 23.7 Å². The number of esters is 1. The van der Waals surface area contributed by atoms with E-state index in [4.69, 9.17) is 22.7 Å². The number of nitrogens with two attached hydrogens (primary N) is 1. The maximum atomic E-state index is 13.7. The number of primary amides is 1. The van der Waals surface area contributed by atoms with Crippen LogP contribution in [0.15, 0.2) is 60.7 Å². The topological polar surface area (TPSA) is 72.6 Å². The van der Waals surface area contributed by atoms with E-state index >= 15 is 0 Å². The molecule has 2 aromatic rings. The molecule has 4 fully saturated rings. The molecule has 7 heteroatoms. The third-order valence-electron chi connectivity index (χ3n) is 12.9. The predicted molar refractivity (Wildman–Crippen MR) is 193 cm³/mol. The molecule has 1 unspecified atom stereocenters. The van der Waals surface area contributed by atoms with Crippen LogP contribution in [0.1, 0.15) is 91.4 Å². The molecule has 4 aliphatic carbocycles. The average molecular weight is 661 g/mol. The molecular formula is C39H52N2O3S2. The zero-order chi connectivity index (χ0) is 32.5. The molecule has 46 heavy (non-hydrogen) atoms. The molecule has 0 spiro atoms. The molecule has 0 saturated heterocycles. The van der Waals surface area contributed by atoms with Gasteiger partial charge in [-0.25, -0.2) is 0 Å². The predicted octanol–water partition coefficient (Wildman–Crippen LogP) is 9.32. The van der Waals surface area contributed by atoms with E-state index in [1.165, 1.54) is 63.1 Å². The molecule has 1 amide bonds. The van der Waals surface area contributed by atoms with Crippen molar-refractivity contribution in [2.75, 3.05) is 10.7 Å². The number of para-hydroxylation sites is 2. The molecule has 6 rings (SSSR count). The van der Waals surface area contributed by atoms with E-state index in [9.17, 15) is 9.59 Å². The lowest BCUT2D eigenvalue weighted by atomic mass is 9.44. The summed E-state index contributed by atoms with van der Waals surface area (Å²) in [5.41, 5.74) is 8.10. The number of carbonyl (C=O) groups is 2. The van der Waals surface area contributed by atoms with Crippen molar-refractivity contribution in [2.24, 2.45) is 52.1 Å². The van der Waals surface area contributed by atoms with Crippen LogP contribution in [-0.4, -0.2) is 28.1 Å². The summed E-state index contributed by atoms with van der Waals surface area (Å²) in [5.74, 6) is 3.08. The number of thioether (sulfide) groups is 1. The Morgan fingerprint density at radius 2 is 1.61 bits per heavy atom. The number of amides is 1. The van der Waals surface area contributed by atoms with Crippen molar-refractivity contribution in [1.29, 1.82) is 0 Å². The minimum atomic E-state index is -0.251. The molecular weight excluding hydrogens is 609 g/mol. The normalized spacial score (nSPS) is 34.0. The quantitative estimate of drug-likeness (QED) is 0.214. The van der Waals surface area contributed by atoms with Crippen LogP contribution < -0.4 is 10.6 Å². The molecule has 4 aliphatic rings. The summed E-state index contributed by atoms with van der Waals surface area (Å²) in [4.78, 5) is 27.5. The Morgan fingerprint density at radius 1 is 0.935 bits per heavy atom. The third-order valence-corrected chi connectivity index (χ3v) is 14.3. The molecule has 0 heterocycles. The first-order valence-corrected chi connectivity index (χ1v) is 19.1. The monoisotopic (exact) mass is 660 g/mol. The Bertz CT molecular complexity index is 1350. The molecule has 9 atom stereocenters. The van der Waals surface area contributed by atoms with E-state index in [1.807, 2.05) is 65.6 Å². The number of hydrogen-bond acceptors (Lipinski definition) is 5. The van der Waals surface area contributed by atoms with Gasteiger partial charge in [-0.1, -0.05) is 94.0 Å². The van der Waals surface area contributed by atoms with E-state index in [1.54, 1.807) is 0 Å². The molecule has 2 N–H and O–H groups in total. The minimum absolute atomic E-state index is 0.0981. The maximum absolute atomic E-state index is 13.7. The first kappa shape index (κ1) is 33.5. The summed E-state index contributed by atoms with van der Waals surface area (Å²) >= 11 is 7.29. The maximum Gasteiger partial charge on any atom is 0.316 e. The number of nitrogens with zero attached hydrogens (tertiary/aromatic N) is 1. The fourth-order valence-corrected chi connectivity index (χ4v) is 11.9. The molecule has 0 aromatic heterocycles. The average Bonchev–Trinajstić information content (AvgIpc) is 3.35. The number of anilines is 2. The van der Waals surface area contributed by atoms with Gasteiger partial charge < -0.3 is 10.5 Å². The van der Waals surface area contributed by atoms with Gasteiger partial charge in [0.1, 0.15) is 10.4 Å². The van der Waals surface area contributed by atoms with Crippen LogP contribution in [0.5, 0.6) is 0 Å². The lowest BCUT2D eigenvalue weighted by Gasteiger charge is -2.60. The molecule has 0 radical (unpaired) electrons. The van der Waals surface area contributed by atoms with Gasteiger partial charge in [0.05, 0.1) is 5.75 Å². The Hall–Kier alpha value is -2.38. The van der Waals surface area contributed by atoms with Gasteiger partial charge in [-0.2, -0.15) is 0 Å². The molecule has 5 nitrogen and oxygen atoms in total. The Kier molecular flexibility index (Phi) is 10.2. The zero-order valence-corrected chi connectivity index (χ0v) is 29.5. The number of rotatable bonds is 9. The second kappa shape index (κ2) is 14.0. The SMILES string of the molecule is C[C@H](CCC(N)=O)[C@H]1C(OC(=O)CSC(=S)N(c2ccccc2)c2ccccc2)C[C@H]2[C@@H]3CC[C@@H]4CCCC[C@]4(C)[C@H]3CC[C@]12C. The largest absolute Gasteiger partial charge is 0.461 e. The van der Waals surface area contributed by atoms with Crippen LogP contribution in [0.4, 0.5) is 11.4 Å². The number of hydrogen-bond donors (Lipinski definition) is 1. The van der Waals surface area contributed by atoms with Crippen LogP contribution >= 0.6 is 24.0 Å². The van der Waals surface area contributed by atoms with Crippen LogP contribution in [0.3, 0.4) is 0 Å². The van der Waals surface area contributed by atoms with Crippen molar-refractivity contribution in [3.05, 3.63) is 60.7 Å². The highest BCUT2D eigenvalue weighted by atomic mass is 32.2. The van der Waals surface area contributed by atoms with Gasteiger partial charge in [0.25, 0.3) is 0 Å². The van der Waals surface area contributed by atoms with Crippen molar-refractivity contribution in [3.8, 4) is 0 Å². The smallest absolute Gasteiger partial charge is 0.316 e. The van der Waals surface area contributed by atoms with Crippen molar-refractivity contribution >= 4 is 51.6 Å². The Morgan fingerprint density at radius 3 is 2.26 bits per heavy atom. The molecule has 2 aromatic carbocycles. The fraction of sp³-hybridized carbons (Fsp3) is 0.615. The van der Waals surface area contributed by atoms with Crippen LogP contribution in [0.25, 0.3) is 0 Å². The van der Waals surface area contributed by atoms with E-state index < -0.39 is 0 Å². The van der Waals surface area contributed by atoms with Gasteiger partial charge in [0.2, 0.25) is 5.91 Å². The van der Waals surface area contributed by atoms with Crippen LogP contribution in [0.2, 0.25) is 0 Å². The van der Waals surface area contributed by atoms with Gasteiger partial charge in [0.15, 0.2) is 0 Å². The molecule has 0 bridgehead atoms. The Labute approximate surface area is 285 Å². The van der Waals surface area contributed by atoms with Crippen LogP contribution in [0, 0.1) is 46.3 Å². The summed E-state index contributed by atoms with van der Waals surface area (Å²) in [7, 11) is 0. The summed E-state index contributed by atoms with van der Waals surface area (Å²) in [6.45, 7) is 7.36. The number of fused-ring (bicyclic) bond motifs is 5. The number of ether oxygens (including phenoxy) is 1. The standard InChI is InChI=1S/C39H52N2O3S2/c1-26(17-20-34(40)42)36-33(24-32-30-19-18-27-12-10-11-22-38(27,2)31(30)21-23-39(32,36)3)44-35(43)25-46-37(45)41(28-13-6-4-7-14-28)29-15-8-5-9-16-29/h4-9,13-16,26-27,30-33,36H,10-12,17-25H2,1-3H3,(H2,40,42)/t26-,27+,30-,31+,32+,33?,36+,38+,39+/m1/s1. The van der Waals surface area contributed by atoms with Crippen LogP contribution in [-0.2, 0) is 14.3 Å². The fourth-order valence-electron chi connectivity index (χ4n) is 10.9. The first-order chi connectivity index (χ1) is 22.1. The summed E-state index contributed by atoms with van der Waals surface area (Å²) < 4.78 is 7.13. The van der Waals surface area contributed by atoms with Gasteiger partial charge in [-0.3, -0.25) is 14.5 Å². The molecule has 4 saturated carbocycles. The number of thiocarbonyl (C=S) groups is 1. The number of carbonyl (C=O) groups excluding carboxylic acids is 2. The highest BCUT2D eigenvalue weighted by Gasteiger charge is 2.63. The van der Waals surface area contributed by atoms with E-state index in [0.717, 1.165) is 36.1 Å². The van der Waals surface area contributed by atoms with Crippen molar-refractivity contribution in [2.45, 2.75) is 97.5 Å². The third kappa shape index (κ3) is 6.52. The van der Waals surface area contributed by atoms with Crippen molar-refractivity contribution in [1.82, 2.24) is 0 Å².